The highest BCUT2D eigenvalue weighted by Gasteiger charge is 2.32. The van der Waals surface area contributed by atoms with Crippen molar-refractivity contribution in [3.63, 3.8) is 0 Å². The van der Waals surface area contributed by atoms with Crippen LogP contribution >= 0.6 is 0 Å². The number of piperidine rings is 1. The largest absolute Gasteiger partial charge is 0.356 e. The zero-order valence-corrected chi connectivity index (χ0v) is 14.9. The van der Waals surface area contributed by atoms with Gasteiger partial charge in [0.1, 0.15) is 17.3 Å². The Morgan fingerprint density at radius 2 is 1.88 bits per heavy atom. The van der Waals surface area contributed by atoms with E-state index in [-0.39, 0.29) is 11.9 Å². The van der Waals surface area contributed by atoms with Crippen molar-refractivity contribution in [1.82, 2.24) is 9.97 Å². The molecule has 1 saturated heterocycles. The fourth-order valence-electron chi connectivity index (χ4n) is 3.94. The van der Waals surface area contributed by atoms with Crippen LogP contribution in [0.4, 0.5) is 11.5 Å². The first-order chi connectivity index (χ1) is 12.1. The van der Waals surface area contributed by atoms with Crippen LogP contribution in [0.2, 0.25) is 0 Å². The normalized spacial score (nSPS) is 19.8. The van der Waals surface area contributed by atoms with E-state index in [1.54, 1.807) is 0 Å². The Morgan fingerprint density at radius 1 is 1.12 bits per heavy atom. The number of aryl methyl sites for hydroxylation is 1. The summed E-state index contributed by atoms with van der Waals surface area (Å²) in [5.41, 5.74) is 2.73. The molecule has 1 aromatic heterocycles. The number of aromatic nitrogens is 2. The highest BCUT2D eigenvalue weighted by atomic mass is 16.2. The fraction of sp³-hybridized carbons (Fsp3) is 0.450. The maximum Gasteiger partial charge on any atom is 0.277 e. The second-order valence-corrected chi connectivity index (χ2v) is 7.06. The van der Waals surface area contributed by atoms with Gasteiger partial charge in [0, 0.05) is 30.9 Å². The fourth-order valence-corrected chi connectivity index (χ4v) is 3.94. The van der Waals surface area contributed by atoms with Gasteiger partial charge in [-0.15, -0.1) is 0 Å². The second kappa shape index (κ2) is 6.47. The lowest BCUT2D eigenvalue weighted by molar-refractivity contribution is 0.0976. The van der Waals surface area contributed by atoms with Crippen LogP contribution in [0, 0.1) is 6.92 Å². The molecule has 1 atom stereocenters. The summed E-state index contributed by atoms with van der Waals surface area (Å²) in [5, 5.41) is 0. The molecule has 0 bridgehead atoms. The summed E-state index contributed by atoms with van der Waals surface area (Å²) in [7, 11) is 0. The van der Waals surface area contributed by atoms with Crippen LogP contribution in [0.1, 0.15) is 48.1 Å². The number of rotatable bonds is 2. The van der Waals surface area contributed by atoms with Gasteiger partial charge in [0.05, 0.1) is 0 Å². The summed E-state index contributed by atoms with van der Waals surface area (Å²) in [6.45, 7) is 5.98. The average molecular weight is 336 g/mol. The first-order valence-corrected chi connectivity index (χ1v) is 9.15. The number of hydrogen-bond donors (Lipinski definition) is 0. The Bertz CT molecular complexity index is 798. The number of nitrogens with zero attached hydrogens (tertiary/aromatic N) is 4. The SMILES string of the molecule is Cc1nc(C(=O)N2c3ccccc3CC2C)cc(N2CCCCC2)n1. The van der Waals surface area contributed by atoms with Crippen LogP contribution < -0.4 is 9.80 Å². The summed E-state index contributed by atoms with van der Waals surface area (Å²) in [4.78, 5) is 26.4. The van der Waals surface area contributed by atoms with Crippen LogP contribution in [0.3, 0.4) is 0 Å². The van der Waals surface area contributed by atoms with E-state index < -0.39 is 0 Å². The van der Waals surface area contributed by atoms with Crippen molar-refractivity contribution in [2.45, 2.75) is 45.6 Å². The van der Waals surface area contributed by atoms with Crippen molar-refractivity contribution in [2.75, 3.05) is 22.9 Å². The van der Waals surface area contributed by atoms with Crippen LogP contribution in [-0.4, -0.2) is 35.0 Å². The molecule has 1 aromatic carbocycles. The predicted octanol–water partition coefficient (Wildman–Crippen LogP) is 3.37. The minimum atomic E-state index is -0.0267. The van der Waals surface area contributed by atoms with Crippen molar-refractivity contribution < 1.29 is 4.79 Å². The number of fused-ring (bicyclic) bond motifs is 1. The van der Waals surface area contributed by atoms with E-state index in [2.05, 4.69) is 27.9 Å². The molecule has 2 aliphatic heterocycles. The van der Waals surface area contributed by atoms with E-state index in [4.69, 9.17) is 0 Å². The lowest BCUT2D eigenvalue weighted by Gasteiger charge is -2.28. The molecule has 2 aliphatic rings. The van der Waals surface area contributed by atoms with Crippen molar-refractivity contribution >= 4 is 17.4 Å². The lowest BCUT2D eigenvalue weighted by atomic mass is 10.1. The smallest absolute Gasteiger partial charge is 0.277 e. The minimum absolute atomic E-state index is 0.0267. The monoisotopic (exact) mass is 336 g/mol. The molecule has 5 heteroatoms. The maximum absolute atomic E-state index is 13.2. The van der Waals surface area contributed by atoms with Crippen LogP contribution in [0.15, 0.2) is 30.3 Å². The van der Waals surface area contributed by atoms with Gasteiger partial charge in [-0.05, 0) is 51.2 Å². The van der Waals surface area contributed by atoms with Gasteiger partial charge in [-0.2, -0.15) is 0 Å². The zero-order chi connectivity index (χ0) is 17.4. The third-order valence-electron chi connectivity index (χ3n) is 5.15. The maximum atomic E-state index is 13.2. The predicted molar refractivity (Wildman–Crippen MR) is 99.3 cm³/mol. The van der Waals surface area contributed by atoms with E-state index in [0.717, 1.165) is 31.0 Å². The van der Waals surface area contributed by atoms with Crippen LogP contribution in [-0.2, 0) is 6.42 Å². The van der Waals surface area contributed by atoms with Crippen molar-refractivity contribution in [3.05, 3.63) is 47.4 Å². The highest BCUT2D eigenvalue weighted by molar-refractivity contribution is 6.06. The molecular weight excluding hydrogens is 312 g/mol. The van der Waals surface area contributed by atoms with Gasteiger partial charge in [-0.25, -0.2) is 9.97 Å². The Balaban J connectivity index is 1.67. The minimum Gasteiger partial charge on any atom is -0.356 e. The molecule has 25 heavy (non-hydrogen) atoms. The third-order valence-corrected chi connectivity index (χ3v) is 5.15. The molecule has 1 amide bonds. The molecule has 2 aromatic rings. The Morgan fingerprint density at radius 3 is 2.68 bits per heavy atom. The number of para-hydroxylation sites is 1. The van der Waals surface area contributed by atoms with Crippen molar-refractivity contribution in [2.24, 2.45) is 0 Å². The molecule has 0 radical (unpaired) electrons. The molecular formula is C20H24N4O. The first kappa shape index (κ1) is 16.1. The quantitative estimate of drug-likeness (QED) is 0.844. The van der Waals surface area contributed by atoms with E-state index in [1.807, 2.05) is 36.1 Å². The van der Waals surface area contributed by atoms with E-state index >= 15 is 0 Å². The molecule has 0 spiro atoms. The summed E-state index contributed by atoms with van der Waals surface area (Å²) < 4.78 is 0. The zero-order valence-electron chi connectivity index (χ0n) is 14.9. The number of hydrogen-bond acceptors (Lipinski definition) is 4. The van der Waals surface area contributed by atoms with Gasteiger partial charge >= 0.3 is 0 Å². The molecule has 0 aliphatic carbocycles. The summed E-state index contributed by atoms with van der Waals surface area (Å²) in [5.74, 6) is 1.52. The van der Waals surface area contributed by atoms with Gasteiger partial charge in [0.25, 0.3) is 5.91 Å². The standard InChI is InChI=1S/C20H24N4O/c1-14-12-16-8-4-5-9-18(16)24(14)20(25)17-13-19(22-15(2)21-17)23-10-6-3-7-11-23/h4-5,8-9,13-14H,3,6-7,10-12H2,1-2H3. The Hall–Kier alpha value is -2.43. The molecule has 130 valence electrons. The van der Waals surface area contributed by atoms with Gasteiger partial charge in [0.2, 0.25) is 0 Å². The number of carbonyl (C=O) groups excluding carboxylic acids is 1. The molecule has 0 N–H and O–H groups in total. The van der Waals surface area contributed by atoms with E-state index in [9.17, 15) is 4.79 Å². The topological polar surface area (TPSA) is 49.3 Å². The number of benzene rings is 1. The average Bonchev–Trinajstić information content (AvgIpc) is 2.97. The first-order valence-electron chi connectivity index (χ1n) is 9.15. The van der Waals surface area contributed by atoms with Gasteiger partial charge in [-0.1, -0.05) is 18.2 Å². The highest BCUT2D eigenvalue weighted by Crippen LogP contribution is 2.33. The van der Waals surface area contributed by atoms with Gasteiger partial charge in [-0.3, -0.25) is 4.79 Å². The molecule has 4 rings (SSSR count). The molecule has 1 unspecified atom stereocenters. The Kier molecular flexibility index (Phi) is 4.15. The molecule has 5 nitrogen and oxygen atoms in total. The number of amides is 1. The summed E-state index contributed by atoms with van der Waals surface area (Å²) in [6.07, 6.45) is 4.53. The number of carbonyl (C=O) groups is 1. The second-order valence-electron chi connectivity index (χ2n) is 7.06. The van der Waals surface area contributed by atoms with E-state index in [1.165, 1.54) is 24.8 Å². The van der Waals surface area contributed by atoms with Gasteiger partial charge in [0.15, 0.2) is 0 Å². The summed E-state index contributed by atoms with van der Waals surface area (Å²) in [6, 6.07) is 10.2. The van der Waals surface area contributed by atoms with Crippen LogP contribution in [0.25, 0.3) is 0 Å². The molecule has 3 heterocycles. The van der Waals surface area contributed by atoms with Gasteiger partial charge < -0.3 is 9.80 Å². The number of anilines is 2. The molecule has 1 fully saturated rings. The Labute approximate surface area is 148 Å². The van der Waals surface area contributed by atoms with Crippen molar-refractivity contribution in [1.29, 1.82) is 0 Å². The van der Waals surface area contributed by atoms with Crippen molar-refractivity contribution in [3.8, 4) is 0 Å². The molecule has 0 saturated carbocycles. The summed E-state index contributed by atoms with van der Waals surface area (Å²) >= 11 is 0. The van der Waals surface area contributed by atoms with E-state index in [0.29, 0.717) is 11.5 Å². The van der Waals surface area contributed by atoms with Crippen LogP contribution in [0.5, 0.6) is 0 Å². The lowest BCUT2D eigenvalue weighted by Crippen LogP contribution is -2.37. The third kappa shape index (κ3) is 2.99.